The summed E-state index contributed by atoms with van der Waals surface area (Å²) >= 11 is 1.81. The fraction of sp³-hybridized carbons (Fsp3) is 0.500. The van der Waals surface area contributed by atoms with E-state index < -0.39 is 5.60 Å². The van der Waals surface area contributed by atoms with Crippen molar-refractivity contribution in [1.29, 1.82) is 0 Å². The van der Waals surface area contributed by atoms with E-state index in [0.717, 1.165) is 17.1 Å². The Labute approximate surface area is 82.4 Å². The molecule has 0 amide bonds. The molecule has 1 fully saturated rings. The van der Waals surface area contributed by atoms with Crippen LogP contribution in [0.1, 0.15) is 12.5 Å². The minimum Gasteiger partial charge on any atom is -0.384 e. The molecule has 2 heterocycles. The van der Waals surface area contributed by atoms with Crippen LogP contribution in [0.15, 0.2) is 24.5 Å². The van der Waals surface area contributed by atoms with Crippen LogP contribution in [0.4, 0.5) is 0 Å². The molecule has 1 aliphatic rings. The molecule has 2 atom stereocenters. The molecule has 1 aromatic rings. The van der Waals surface area contributed by atoms with Crippen LogP contribution in [0.3, 0.4) is 0 Å². The molecular weight excluding hydrogens is 182 g/mol. The Bertz CT molecular complexity index is 290. The highest BCUT2D eigenvalue weighted by molar-refractivity contribution is 7.99. The van der Waals surface area contributed by atoms with E-state index in [9.17, 15) is 5.11 Å². The standard InChI is InChI=1S/C10H13NOS/c1-8-6-13-7-10(8,12)9-3-2-4-11-5-9/h2-5,8,12H,6-7H2,1H3. The van der Waals surface area contributed by atoms with Gasteiger partial charge in [-0.2, -0.15) is 11.8 Å². The second-order valence-electron chi connectivity index (χ2n) is 3.58. The Kier molecular flexibility index (Phi) is 2.30. The topological polar surface area (TPSA) is 33.1 Å². The van der Waals surface area contributed by atoms with Crippen molar-refractivity contribution in [3.8, 4) is 0 Å². The first kappa shape index (κ1) is 9.03. The van der Waals surface area contributed by atoms with Gasteiger partial charge in [-0.25, -0.2) is 0 Å². The van der Waals surface area contributed by atoms with Gasteiger partial charge in [0.2, 0.25) is 0 Å². The normalized spacial score (nSPS) is 33.5. The van der Waals surface area contributed by atoms with Crippen LogP contribution in [0, 0.1) is 5.92 Å². The minimum atomic E-state index is -0.654. The van der Waals surface area contributed by atoms with E-state index in [0.29, 0.717) is 5.92 Å². The number of hydrogen-bond donors (Lipinski definition) is 1. The van der Waals surface area contributed by atoms with E-state index >= 15 is 0 Å². The zero-order valence-electron chi connectivity index (χ0n) is 7.60. The van der Waals surface area contributed by atoms with Crippen LogP contribution >= 0.6 is 11.8 Å². The van der Waals surface area contributed by atoms with Crippen LogP contribution in [0.2, 0.25) is 0 Å². The lowest BCUT2D eigenvalue weighted by Gasteiger charge is -2.26. The van der Waals surface area contributed by atoms with Crippen LogP contribution in [-0.2, 0) is 5.60 Å². The first-order valence-corrected chi connectivity index (χ1v) is 5.59. The highest BCUT2D eigenvalue weighted by Crippen LogP contribution is 2.40. The summed E-state index contributed by atoms with van der Waals surface area (Å²) in [7, 11) is 0. The Hall–Kier alpha value is -0.540. The SMILES string of the molecule is CC1CSCC1(O)c1cccnc1. The number of thioether (sulfide) groups is 1. The van der Waals surface area contributed by atoms with E-state index in [1.807, 2.05) is 12.1 Å². The molecule has 0 aliphatic carbocycles. The van der Waals surface area contributed by atoms with Gasteiger partial charge in [0.1, 0.15) is 5.60 Å². The monoisotopic (exact) mass is 195 g/mol. The Balaban J connectivity index is 2.34. The van der Waals surface area contributed by atoms with Crippen molar-refractivity contribution < 1.29 is 5.11 Å². The summed E-state index contributed by atoms with van der Waals surface area (Å²) in [5.41, 5.74) is 0.298. The fourth-order valence-electron chi connectivity index (χ4n) is 1.66. The first-order chi connectivity index (χ1) is 6.23. The van der Waals surface area contributed by atoms with E-state index in [2.05, 4.69) is 11.9 Å². The van der Waals surface area contributed by atoms with Crippen molar-refractivity contribution in [3.63, 3.8) is 0 Å². The number of nitrogens with zero attached hydrogens (tertiary/aromatic N) is 1. The molecule has 2 unspecified atom stereocenters. The Morgan fingerprint density at radius 3 is 3.08 bits per heavy atom. The van der Waals surface area contributed by atoms with Crippen molar-refractivity contribution in [2.24, 2.45) is 5.92 Å². The zero-order chi connectivity index (χ0) is 9.31. The molecule has 1 saturated heterocycles. The Morgan fingerprint density at radius 2 is 2.54 bits per heavy atom. The van der Waals surface area contributed by atoms with Crippen molar-refractivity contribution in [2.45, 2.75) is 12.5 Å². The highest BCUT2D eigenvalue weighted by Gasteiger charge is 2.40. The average molecular weight is 195 g/mol. The second-order valence-corrected chi connectivity index (χ2v) is 4.61. The van der Waals surface area contributed by atoms with Crippen LogP contribution < -0.4 is 0 Å². The number of aliphatic hydroxyl groups is 1. The van der Waals surface area contributed by atoms with Crippen molar-refractivity contribution in [1.82, 2.24) is 4.98 Å². The van der Waals surface area contributed by atoms with E-state index in [-0.39, 0.29) is 0 Å². The molecule has 1 aliphatic heterocycles. The van der Waals surface area contributed by atoms with Crippen LogP contribution in [0.25, 0.3) is 0 Å². The van der Waals surface area contributed by atoms with Crippen molar-refractivity contribution in [3.05, 3.63) is 30.1 Å². The maximum Gasteiger partial charge on any atom is 0.103 e. The molecule has 70 valence electrons. The van der Waals surface area contributed by atoms with Gasteiger partial charge in [-0.05, 0) is 17.7 Å². The van der Waals surface area contributed by atoms with Gasteiger partial charge in [0.25, 0.3) is 0 Å². The third kappa shape index (κ3) is 1.46. The summed E-state index contributed by atoms with van der Waals surface area (Å²) in [6.07, 6.45) is 3.50. The summed E-state index contributed by atoms with van der Waals surface area (Å²) in [6, 6.07) is 3.83. The number of rotatable bonds is 1. The fourth-order valence-corrected chi connectivity index (χ4v) is 3.17. The summed E-state index contributed by atoms with van der Waals surface area (Å²) in [4.78, 5) is 4.04. The molecular formula is C10H13NOS. The van der Waals surface area contributed by atoms with Crippen LogP contribution in [-0.4, -0.2) is 21.6 Å². The molecule has 13 heavy (non-hydrogen) atoms. The lowest BCUT2D eigenvalue weighted by molar-refractivity contribution is 0.0231. The molecule has 0 bridgehead atoms. The highest BCUT2D eigenvalue weighted by atomic mass is 32.2. The van der Waals surface area contributed by atoms with Gasteiger partial charge in [-0.1, -0.05) is 13.0 Å². The van der Waals surface area contributed by atoms with Gasteiger partial charge in [0, 0.05) is 23.7 Å². The quantitative estimate of drug-likeness (QED) is 0.739. The van der Waals surface area contributed by atoms with Gasteiger partial charge in [0.05, 0.1) is 0 Å². The average Bonchev–Trinajstić information content (AvgIpc) is 2.50. The third-order valence-corrected chi connectivity index (χ3v) is 4.05. The molecule has 0 spiro atoms. The molecule has 3 heteroatoms. The lowest BCUT2D eigenvalue weighted by atomic mass is 9.86. The van der Waals surface area contributed by atoms with Gasteiger partial charge >= 0.3 is 0 Å². The van der Waals surface area contributed by atoms with Gasteiger partial charge < -0.3 is 5.11 Å². The van der Waals surface area contributed by atoms with E-state index in [1.54, 1.807) is 24.2 Å². The number of hydrogen-bond acceptors (Lipinski definition) is 3. The summed E-state index contributed by atoms with van der Waals surface area (Å²) < 4.78 is 0. The van der Waals surface area contributed by atoms with Crippen molar-refractivity contribution >= 4 is 11.8 Å². The summed E-state index contributed by atoms with van der Waals surface area (Å²) in [6.45, 7) is 2.09. The molecule has 0 radical (unpaired) electrons. The smallest absolute Gasteiger partial charge is 0.103 e. The van der Waals surface area contributed by atoms with E-state index in [1.165, 1.54) is 0 Å². The molecule has 1 aromatic heterocycles. The summed E-state index contributed by atoms with van der Waals surface area (Å²) in [5.74, 6) is 2.15. The number of aromatic nitrogens is 1. The molecule has 1 N–H and O–H groups in total. The zero-order valence-corrected chi connectivity index (χ0v) is 8.42. The van der Waals surface area contributed by atoms with Gasteiger partial charge in [0.15, 0.2) is 0 Å². The first-order valence-electron chi connectivity index (χ1n) is 4.44. The van der Waals surface area contributed by atoms with Gasteiger partial charge in [-0.3, -0.25) is 4.98 Å². The predicted molar refractivity (Wildman–Crippen MR) is 54.6 cm³/mol. The second kappa shape index (κ2) is 3.31. The summed E-state index contributed by atoms with van der Waals surface area (Å²) in [5, 5.41) is 10.4. The van der Waals surface area contributed by atoms with Crippen LogP contribution in [0.5, 0.6) is 0 Å². The molecule has 2 rings (SSSR count). The Morgan fingerprint density at radius 1 is 1.69 bits per heavy atom. The maximum atomic E-state index is 10.4. The van der Waals surface area contributed by atoms with E-state index in [4.69, 9.17) is 0 Å². The third-order valence-electron chi connectivity index (χ3n) is 2.67. The van der Waals surface area contributed by atoms with Crippen molar-refractivity contribution in [2.75, 3.05) is 11.5 Å². The molecule has 0 saturated carbocycles. The maximum absolute atomic E-state index is 10.4. The molecule has 2 nitrogen and oxygen atoms in total. The number of pyridine rings is 1. The molecule has 0 aromatic carbocycles. The predicted octanol–water partition coefficient (Wildman–Crippen LogP) is 1.65. The lowest BCUT2D eigenvalue weighted by Crippen LogP contribution is -2.32. The largest absolute Gasteiger partial charge is 0.384 e. The minimum absolute atomic E-state index is 0.321. The van der Waals surface area contributed by atoms with Gasteiger partial charge in [-0.15, -0.1) is 0 Å².